The zero-order valence-corrected chi connectivity index (χ0v) is 24.2. The first kappa shape index (κ1) is 28.4. The van der Waals surface area contributed by atoms with Crippen molar-refractivity contribution in [3.8, 4) is 21.8 Å². The van der Waals surface area contributed by atoms with Crippen LogP contribution >= 0.6 is 22.9 Å². The Labute approximate surface area is 233 Å². The Bertz CT molecular complexity index is 1320. The van der Waals surface area contributed by atoms with E-state index in [1.807, 2.05) is 27.7 Å². The number of likely N-dealkylation sites (tertiary alicyclic amines) is 1. The van der Waals surface area contributed by atoms with E-state index in [9.17, 15) is 9.00 Å². The summed E-state index contributed by atoms with van der Waals surface area (Å²) in [5, 5.41) is 0.917. The molecule has 1 aromatic carbocycles. The van der Waals surface area contributed by atoms with Gasteiger partial charge >= 0.3 is 6.09 Å². The lowest BCUT2D eigenvalue weighted by atomic mass is 9.97. The number of ether oxygens (including phenoxy) is 1. The summed E-state index contributed by atoms with van der Waals surface area (Å²) in [5.41, 5.74) is 0.866. The van der Waals surface area contributed by atoms with Gasteiger partial charge in [-0.25, -0.2) is 28.3 Å². The molecule has 3 aromatic rings. The van der Waals surface area contributed by atoms with Gasteiger partial charge in [0.15, 0.2) is 5.82 Å². The molecule has 8 nitrogen and oxygen atoms in total. The molecule has 1 atom stereocenters. The summed E-state index contributed by atoms with van der Waals surface area (Å²) in [6.45, 7) is 8.54. The van der Waals surface area contributed by atoms with Gasteiger partial charge in [-0.1, -0.05) is 13.0 Å². The SMILES string of the molecule is CCCS(=O)Nc1cccc(-c2nc(C3CCN(C(=O)OC(C)(C)C)CC3)sc2-c2ccnc(Cl)n2)c1F. The third kappa shape index (κ3) is 6.86. The van der Waals surface area contributed by atoms with Crippen LogP contribution in [0.5, 0.6) is 0 Å². The van der Waals surface area contributed by atoms with Gasteiger partial charge < -0.3 is 14.4 Å². The van der Waals surface area contributed by atoms with E-state index in [0.29, 0.717) is 54.4 Å². The van der Waals surface area contributed by atoms with E-state index in [4.69, 9.17) is 21.3 Å². The molecule has 3 heterocycles. The third-order valence-corrected chi connectivity index (χ3v) is 8.51. The molecule has 0 aliphatic carbocycles. The van der Waals surface area contributed by atoms with E-state index in [0.717, 1.165) is 5.01 Å². The van der Waals surface area contributed by atoms with Gasteiger partial charge in [-0.2, -0.15) is 0 Å². The number of benzene rings is 1. The van der Waals surface area contributed by atoms with Crippen LogP contribution in [0.3, 0.4) is 0 Å². The van der Waals surface area contributed by atoms with Crippen molar-refractivity contribution in [1.82, 2.24) is 19.9 Å². The first-order valence-corrected chi connectivity index (χ1v) is 15.0. The van der Waals surface area contributed by atoms with Gasteiger partial charge in [0.2, 0.25) is 5.28 Å². The van der Waals surface area contributed by atoms with E-state index in [2.05, 4.69) is 14.7 Å². The predicted octanol–water partition coefficient (Wildman–Crippen LogP) is 6.66. The van der Waals surface area contributed by atoms with E-state index in [1.54, 1.807) is 35.4 Å². The van der Waals surface area contributed by atoms with Crippen molar-refractivity contribution in [2.24, 2.45) is 0 Å². The fourth-order valence-corrected chi connectivity index (χ4v) is 6.36. The number of thiazole rings is 1. The summed E-state index contributed by atoms with van der Waals surface area (Å²) < 4.78 is 36.2. The van der Waals surface area contributed by atoms with E-state index in [-0.39, 0.29) is 28.5 Å². The largest absolute Gasteiger partial charge is 0.444 e. The van der Waals surface area contributed by atoms with E-state index < -0.39 is 22.4 Å². The minimum absolute atomic E-state index is 0.0833. The minimum atomic E-state index is -1.39. The number of carbonyl (C=O) groups excluding carboxylic acids is 1. The molecular formula is C26H31ClFN5O3S2. The first-order valence-electron chi connectivity index (χ1n) is 12.5. The van der Waals surface area contributed by atoms with Crippen molar-refractivity contribution in [3.05, 3.63) is 46.6 Å². The highest BCUT2D eigenvalue weighted by Gasteiger charge is 2.30. The minimum Gasteiger partial charge on any atom is -0.444 e. The summed E-state index contributed by atoms with van der Waals surface area (Å²) in [5.74, 6) is -0.0307. The average molecular weight is 580 g/mol. The number of rotatable bonds is 7. The Balaban J connectivity index is 1.66. The Morgan fingerprint density at radius 3 is 2.66 bits per heavy atom. The molecule has 1 amide bonds. The van der Waals surface area contributed by atoms with Crippen LogP contribution in [-0.4, -0.2) is 54.6 Å². The molecule has 0 bridgehead atoms. The molecule has 1 fully saturated rings. The highest BCUT2D eigenvalue weighted by Crippen LogP contribution is 2.42. The fraction of sp³-hybridized carbons (Fsp3) is 0.462. The number of aromatic nitrogens is 3. The monoisotopic (exact) mass is 579 g/mol. The van der Waals surface area contributed by atoms with Crippen molar-refractivity contribution in [2.45, 2.75) is 58.5 Å². The molecule has 1 aliphatic rings. The van der Waals surface area contributed by atoms with Crippen molar-refractivity contribution in [3.63, 3.8) is 0 Å². The number of nitrogens with one attached hydrogen (secondary N) is 1. The first-order chi connectivity index (χ1) is 18.1. The van der Waals surface area contributed by atoms with Gasteiger partial charge in [0.25, 0.3) is 0 Å². The van der Waals surface area contributed by atoms with Crippen molar-refractivity contribution in [1.29, 1.82) is 0 Å². The second-order valence-electron chi connectivity index (χ2n) is 10.0. The summed E-state index contributed by atoms with van der Waals surface area (Å²) in [6.07, 6.45) is 3.35. The standard InChI is InChI=1S/C26H31ClFN5O3S2/c1-5-15-38(35)32-18-8-6-7-17(20(18)28)21-22(19-9-12-29-24(27)30-19)37-23(31-21)16-10-13-33(14-11-16)25(34)36-26(2,3)4/h6-9,12,16,32H,5,10-11,13-15H2,1-4H3. The fourth-order valence-electron chi connectivity index (χ4n) is 4.12. The predicted molar refractivity (Wildman–Crippen MR) is 150 cm³/mol. The molecule has 204 valence electrons. The normalized spacial score (nSPS) is 15.4. The average Bonchev–Trinajstić information content (AvgIpc) is 3.30. The van der Waals surface area contributed by atoms with Crippen LogP contribution in [0.1, 0.15) is 57.9 Å². The van der Waals surface area contributed by atoms with Gasteiger partial charge in [0.05, 0.1) is 27.0 Å². The van der Waals surface area contributed by atoms with Crippen LogP contribution in [0.4, 0.5) is 14.9 Å². The van der Waals surface area contributed by atoms with Crippen LogP contribution < -0.4 is 4.72 Å². The molecule has 0 radical (unpaired) electrons. The maximum Gasteiger partial charge on any atom is 0.410 e. The molecular weight excluding hydrogens is 549 g/mol. The lowest BCUT2D eigenvalue weighted by Crippen LogP contribution is -2.41. The van der Waals surface area contributed by atoms with Gasteiger partial charge in [-0.3, -0.25) is 0 Å². The van der Waals surface area contributed by atoms with Crippen molar-refractivity contribution < 1.29 is 18.1 Å². The van der Waals surface area contributed by atoms with Crippen LogP contribution in [-0.2, 0) is 15.7 Å². The molecule has 12 heteroatoms. The van der Waals surface area contributed by atoms with Gasteiger partial charge in [0, 0.05) is 36.5 Å². The molecule has 1 saturated heterocycles. The second-order valence-corrected chi connectivity index (χ2v) is 12.7. The highest BCUT2D eigenvalue weighted by atomic mass is 35.5. The molecule has 1 unspecified atom stereocenters. The van der Waals surface area contributed by atoms with E-state index >= 15 is 4.39 Å². The second kappa shape index (κ2) is 12.0. The van der Waals surface area contributed by atoms with Crippen LogP contribution in [0, 0.1) is 5.82 Å². The van der Waals surface area contributed by atoms with Crippen LogP contribution in [0.15, 0.2) is 30.5 Å². The Morgan fingerprint density at radius 2 is 2.00 bits per heavy atom. The molecule has 38 heavy (non-hydrogen) atoms. The lowest BCUT2D eigenvalue weighted by Gasteiger charge is -2.32. The number of amides is 1. The van der Waals surface area contributed by atoms with Crippen molar-refractivity contribution >= 4 is 45.7 Å². The Kier molecular flexibility index (Phi) is 9.00. The van der Waals surface area contributed by atoms with E-state index in [1.165, 1.54) is 11.3 Å². The summed E-state index contributed by atoms with van der Waals surface area (Å²) in [7, 11) is -1.39. The molecule has 4 rings (SSSR count). The Morgan fingerprint density at radius 1 is 1.26 bits per heavy atom. The molecule has 1 N–H and O–H groups in total. The topological polar surface area (TPSA) is 97.3 Å². The maximum atomic E-state index is 15.7. The number of anilines is 1. The Hall–Kier alpha value is -2.63. The molecule has 2 aromatic heterocycles. The summed E-state index contributed by atoms with van der Waals surface area (Å²) >= 11 is 7.52. The van der Waals surface area contributed by atoms with Gasteiger partial charge in [0.1, 0.15) is 16.6 Å². The molecule has 0 saturated carbocycles. The lowest BCUT2D eigenvalue weighted by molar-refractivity contribution is 0.0205. The quantitative estimate of drug-likeness (QED) is 0.314. The zero-order valence-electron chi connectivity index (χ0n) is 21.8. The number of carbonyl (C=O) groups is 1. The molecule has 0 spiro atoms. The van der Waals surface area contributed by atoms with Gasteiger partial charge in [-0.15, -0.1) is 11.3 Å². The number of nitrogens with zero attached hydrogens (tertiary/aromatic N) is 4. The number of halogens is 2. The number of hydrogen-bond acceptors (Lipinski definition) is 7. The third-order valence-electron chi connectivity index (χ3n) is 5.87. The number of hydrogen-bond donors (Lipinski definition) is 1. The van der Waals surface area contributed by atoms with Crippen molar-refractivity contribution in [2.75, 3.05) is 23.6 Å². The smallest absolute Gasteiger partial charge is 0.410 e. The summed E-state index contributed by atoms with van der Waals surface area (Å²) in [4.78, 5) is 28.1. The zero-order chi connectivity index (χ0) is 27.4. The number of piperidine rings is 1. The highest BCUT2D eigenvalue weighted by molar-refractivity contribution is 7.86. The van der Waals surface area contributed by atoms with Crippen LogP contribution in [0.2, 0.25) is 5.28 Å². The maximum absolute atomic E-state index is 15.7. The summed E-state index contributed by atoms with van der Waals surface area (Å²) in [6, 6.07) is 6.64. The van der Waals surface area contributed by atoms with Gasteiger partial charge in [-0.05, 0) is 69.8 Å². The van der Waals surface area contributed by atoms with Crippen LogP contribution in [0.25, 0.3) is 21.8 Å². The molecule has 1 aliphatic heterocycles.